The third-order valence-electron chi connectivity index (χ3n) is 2.69. The molecule has 0 saturated carbocycles. The zero-order chi connectivity index (χ0) is 12.2. The predicted octanol–water partition coefficient (Wildman–Crippen LogP) is 4.47. The summed E-state index contributed by atoms with van der Waals surface area (Å²) in [5.41, 5.74) is 0.367. The van der Waals surface area contributed by atoms with Crippen LogP contribution in [0.2, 0.25) is 0 Å². The van der Waals surface area contributed by atoms with Crippen molar-refractivity contribution in [3.8, 4) is 0 Å². The summed E-state index contributed by atoms with van der Waals surface area (Å²) in [5, 5.41) is 5.65. The van der Waals surface area contributed by atoms with Crippen molar-refractivity contribution in [2.24, 2.45) is 5.41 Å². The lowest BCUT2D eigenvalue weighted by molar-refractivity contribution is 0.290. The maximum atomic E-state index is 3.51. The Hall–Kier alpha value is 0.140. The second-order valence-electron chi connectivity index (χ2n) is 5.24. The molecular formula is C13H22BrNS. The van der Waals surface area contributed by atoms with Gasteiger partial charge in [-0.15, -0.1) is 11.3 Å². The molecule has 1 rings (SSSR count). The van der Waals surface area contributed by atoms with Crippen LogP contribution in [0.3, 0.4) is 0 Å². The summed E-state index contributed by atoms with van der Waals surface area (Å²) >= 11 is 5.36. The van der Waals surface area contributed by atoms with Crippen LogP contribution in [0.25, 0.3) is 0 Å². The fraction of sp³-hybridized carbons (Fsp3) is 0.692. The van der Waals surface area contributed by atoms with Crippen LogP contribution in [-0.2, 0) is 6.42 Å². The summed E-state index contributed by atoms with van der Waals surface area (Å²) in [6, 6.07) is 2.84. The highest BCUT2D eigenvalue weighted by molar-refractivity contribution is 9.10. The van der Waals surface area contributed by atoms with Crippen molar-refractivity contribution in [1.82, 2.24) is 5.32 Å². The van der Waals surface area contributed by atoms with E-state index < -0.39 is 0 Å². The van der Waals surface area contributed by atoms with E-state index in [1.807, 2.05) is 11.3 Å². The molecule has 0 spiro atoms. The molecule has 0 aliphatic rings. The van der Waals surface area contributed by atoms with Crippen LogP contribution >= 0.6 is 27.3 Å². The van der Waals surface area contributed by atoms with E-state index in [0.717, 1.165) is 6.54 Å². The quantitative estimate of drug-likeness (QED) is 0.818. The van der Waals surface area contributed by atoms with Gasteiger partial charge < -0.3 is 5.32 Å². The fourth-order valence-electron chi connectivity index (χ4n) is 2.24. The number of hydrogen-bond donors (Lipinski definition) is 1. The Kier molecular flexibility index (Phi) is 5.48. The van der Waals surface area contributed by atoms with Crippen LogP contribution in [-0.4, -0.2) is 12.6 Å². The smallest absolute Gasteiger partial charge is 0.0285 e. The zero-order valence-electron chi connectivity index (χ0n) is 10.6. The molecule has 1 aromatic rings. The highest BCUT2D eigenvalue weighted by Gasteiger charge is 2.22. The van der Waals surface area contributed by atoms with Gasteiger partial charge in [-0.1, -0.05) is 20.8 Å². The monoisotopic (exact) mass is 303 g/mol. The molecule has 1 unspecified atom stereocenters. The average molecular weight is 304 g/mol. The topological polar surface area (TPSA) is 12.0 Å². The molecular weight excluding hydrogens is 282 g/mol. The molecule has 1 atom stereocenters. The Morgan fingerprint density at radius 2 is 2.19 bits per heavy atom. The molecule has 0 fully saturated rings. The molecule has 0 radical (unpaired) electrons. The zero-order valence-corrected chi connectivity index (χ0v) is 13.0. The molecule has 0 aromatic carbocycles. The number of nitrogens with one attached hydrogen (secondary N) is 1. The third kappa shape index (κ3) is 4.98. The molecule has 1 heterocycles. The number of hydrogen-bond acceptors (Lipinski definition) is 2. The largest absolute Gasteiger partial charge is 0.315 e. The van der Waals surface area contributed by atoms with E-state index in [0.29, 0.717) is 11.5 Å². The molecule has 3 heteroatoms. The first-order chi connectivity index (χ1) is 7.43. The van der Waals surface area contributed by atoms with E-state index in [-0.39, 0.29) is 0 Å². The highest BCUT2D eigenvalue weighted by atomic mass is 79.9. The first-order valence-electron chi connectivity index (χ1n) is 5.89. The van der Waals surface area contributed by atoms with Gasteiger partial charge in [0, 0.05) is 20.8 Å². The molecule has 1 aromatic heterocycles. The molecule has 1 N–H and O–H groups in total. The van der Waals surface area contributed by atoms with E-state index >= 15 is 0 Å². The minimum atomic E-state index is 0.367. The second kappa shape index (κ2) is 6.18. The first-order valence-corrected chi connectivity index (χ1v) is 7.56. The van der Waals surface area contributed by atoms with Crippen LogP contribution in [0, 0.1) is 5.41 Å². The Morgan fingerprint density at radius 1 is 1.50 bits per heavy atom. The molecule has 16 heavy (non-hydrogen) atoms. The lowest BCUT2D eigenvalue weighted by Gasteiger charge is -2.28. The van der Waals surface area contributed by atoms with Crippen LogP contribution in [0.4, 0.5) is 0 Å². The van der Waals surface area contributed by atoms with Crippen LogP contribution in [0.15, 0.2) is 15.9 Å². The van der Waals surface area contributed by atoms with E-state index in [4.69, 9.17) is 0 Å². The van der Waals surface area contributed by atoms with Crippen molar-refractivity contribution in [1.29, 1.82) is 0 Å². The van der Waals surface area contributed by atoms with Crippen LogP contribution < -0.4 is 5.32 Å². The van der Waals surface area contributed by atoms with Crippen molar-refractivity contribution in [2.45, 2.75) is 46.6 Å². The highest BCUT2D eigenvalue weighted by Crippen LogP contribution is 2.31. The van der Waals surface area contributed by atoms with Gasteiger partial charge in [-0.25, -0.2) is 0 Å². The Labute approximate surface area is 112 Å². The van der Waals surface area contributed by atoms with E-state index in [1.54, 1.807) is 0 Å². The Balaban J connectivity index is 2.50. The van der Waals surface area contributed by atoms with Crippen molar-refractivity contribution in [3.63, 3.8) is 0 Å². The number of rotatable bonds is 6. The summed E-state index contributed by atoms with van der Waals surface area (Å²) < 4.78 is 1.21. The lowest BCUT2D eigenvalue weighted by Crippen LogP contribution is -2.31. The van der Waals surface area contributed by atoms with Crippen molar-refractivity contribution in [2.75, 3.05) is 6.54 Å². The Morgan fingerprint density at radius 3 is 2.69 bits per heavy atom. The SMILES string of the molecule is CCNC(C)CC(C)(C)Cc1cc(Br)cs1. The van der Waals surface area contributed by atoms with Gasteiger partial charge in [0.25, 0.3) is 0 Å². The minimum Gasteiger partial charge on any atom is -0.315 e. The molecule has 0 amide bonds. The maximum Gasteiger partial charge on any atom is 0.0285 e. The van der Waals surface area contributed by atoms with Crippen LogP contribution in [0.1, 0.15) is 39.0 Å². The average Bonchev–Trinajstić information content (AvgIpc) is 2.49. The summed E-state index contributed by atoms with van der Waals surface area (Å²) in [6.45, 7) is 10.2. The summed E-state index contributed by atoms with van der Waals surface area (Å²) in [4.78, 5) is 1.47. The van der Waals surface area contributed by atoms with Gasteiger partial charge in [0.1, 0.15) is 0 Å². The normalized spacial score (nSPS) is 14.1. The molecule has 0 saturated heterocycles. The lowest BCUT2D eigenvalue weighted by atomic mass is 9.82. The van der Waals surface area contributed by atoms with Gasteiger partial charge in [0.05, 0.1) is 0 Å². The van der Waals surface area contributed by atoms with E-state index in [9.17, 15) is 0 Å². The maximum absolute atomic E-state index is 3.51. The first kappa shape index (κ1) is 14.2. The number of thiophene rings is 1. The molecule has 0 aliphatic heterocycles. The predicted molar refractivity (Wildman–Crippen MR) is 77.3 cm³/mol. The minimum absolute atomic E-state index is 0.367. The summed E-state index contributed by atoms with van der Waals surface area (Å²) in [7, 11) is 0. The van der Waals surface area contributed by atoms with Crippen molar-refractivity contribution in [3.05, 3.63) is 20.8 Å². The molecule has 92 valence electrons. The van der Waals surface area contributed by atoms with Gasteiger partial charge in [0.15, 0.2) is 0 Å². The van der Waals surface area contributed by atoms with Crippen molar-refractivity contribution >= 4 is 27.3 Å². The van der Waals surface area contributed by atoms with Gasteiger partial charge in [0.2, 0.25) is 0 Å². The van der Waals surface area contributed by atoms with E-state index in [1.165, 1.54) is 22.2 Å². The van der Waals surface area contributed by atoms with Gasteiger partial charge >= 0.3 is 0 Å². The standard InChI is InChI=1S/C13H22BrNS/c1-5-15-10(2)7-13(3,4)8-12-6-11(14)9-16-12/h6,9-10,15H,5,7-8H2,1-4H3. The van der Waals surface area contributed by atoms with Gasteiger partial charge in [-0.05, 0) is 53.7 Å². The summed E-state index contributed by atoms with van der Waals surface area (Å²) in [5.74, 6) is 0. The molecule has 0 bridgehead atoms. The molecule has 0 aliphatic carbocycles. The number of halogens is 1. The van der Waals surface area contributed by atoms with Crippen molar-refractivity contribution < 1.29 is 0 Å². The Bertz CT molecular complexity index is 319. The molecule has 1 nitrogen and oxygen atoms in total. The van der Waals surface area contributed by atoms with Gasteiger partial charge in [-0.3, -0.25) is 0 Å². The summed E-state index contributed by atoms with van der Waals surface area (Å²) in [6.07, 6.45) is 2.38. The van der Waals surface area contributed by atoms with E-state index in [2.05, 4.69) is 60.4 Å². The fourth-order valence-corrected chi connectivity index (χ4v) is 3.95. The third-order valence-corrected chi connectivity index (χ3v) is 4.38. The van der Waals surface area contributed by atoms with Crippen LogP contribution in [0.5, 0.6) is 0 Å². The van der Waals surface area contributed by atoms with Gasteiger partial charge in [-0.2, -0.15) is 0 Å². The second-order valence-corrected chi connectivity index (χ2v) is 7.15.